The van der Waals surface area contributed by atoms with E-state index in [4.69, 9.17) is 20.1 Å². The van der Waals surface area contributed by atoms with E-state index in [0.717, 1.165) is 16.9 Å². The average molecular weight is 297 g/mol. The minimum atomic E-state index is -1.39. The first-order valence-electron chi connectivity index (χ1n) is 6.80. The number of aryl methyl sites for hydroxylation is 2. The van der Waals surface area contributed by atoms with Crippen LogP contribution in [-0.2, 0) is 4.79 Å². The first-order chi connectivity index (χ1) is 9.98. The van der Waals surface area contributed by atoms with Crippen LogP contribution in [-0.4, -0.2) is 53.2 Å². The van der Waals surface area contributed by atoms with Crippen molar-refractivity contribution in [3.63, 3.8) is 0 Å². The molecule has 0 saturated heterocycles. The van der Waals surface area contributed by atoms with Crippen molar-refractivity contribution in [1.82, 2.24) is 5.32 Å². The molecule has 1 aromatic rings. The summed E-state index contributed by atoms with van der Waals surface area (Å²) in [5.74, 6) is 0.349. The summed E-state index contributed by atoms with van der Waals surface area (Å²) in [6.07, 6.45) is 0.0650. The van der Waals surface area contributed by atoms with Crippen LogP contribution in [0.2, 0.25) is 0 Å². The lowest BCUT2D eigenvalue weighted by Crippen LogP contribution is -2.57. The maximum atomic E-state index is 11.8. The number of carbonyl (C=O) groups is 1. The Labute approximate surface area is 124 Å². The van der Waals surface area contributed by atoms with E-state index in [1.54, 1.807) is 0 Å². The molecule has 4 N–H and O–H groups in total. The molecular formula is C15H23NO5. The second kappa shape index (κ2) is 7.97. The summed E-state index contributed by atoms with van der Waals surface area (Å²) in [5.41, 5.74) is 0.590. The van der Waals surface area contributed by atoms with Gasteiger partial charge in [0.1, 0.15) is 11.3 Å². The number of nitrogens with one attached hydrogen (secondary N) is 1. The third kappa shape index (κ3) is 4.70. The summed E-state index contributed by atoms with van der Waals surface area (Å²) in [7, 11) is 0. The van der Waals surface area contributed by atoms with Crippen LogP contribution in [0.1, 0.15) is 17.5 Å². The van der Waals surface area contributed by atoms with Gasteiger partial charge in [-0.1, -0.05) is 18.2 Å². The fourth-order valence-electron chi connectivity index (χ4n) is 1.90. The highest BCUT2D eigenvalue weighted by Gasteiger charge is 2.29. The molecule has 118 valence electrons. The van der Waals surface area contributed by atoms with Gasteiger partial charge in [-0.05, 0) is 25.0 Å². The van der Waals surface area contributed by atoms with Gasteiger partial charge in [0.25, 0.3) is 0 Å². The molecule has 6 nitrogen and oxygen atoms in total. The molecule has 0 aromatic heterocycles. The molecule has 0 unspecified atom stereocenters. The van der Waals surface area contributed by atoms with Gasteiger partial charge >= 0.3 is 0 Å². The van der Waals surface area contributed by atoms with Crippen LogP contribution in [0.5, 0.6) is 5.75 Å². The minimum Gasteiger partial charge on any atom is -0.493 e. The zero-order valence-electron chi connectivity index (χ0n) is 12.4. The van der Waals surface area contributed by atoms with Crippen molar-refractivity contribution in [3.05, 3.63) is 29.3 Å². The monoisotopic (exact) mass is 297 g/mol. The first kappa shape index (κ1) is 17.4. The third-order valence-corrected chi connectivity index (χ3v) is 3.30. The fourth-order valence-corrected chi connectivity index (χ4v) is 1.90. The van der Waals surface area contributed by atoms with Gasteiger partial charge in [0.05, 0.1) is 32.8 Å². The molecule has 1 amide bonds. The number of carbonyl (C=O) groups excluding carboxylic acids is 1. The van der Waals surface area contributed by atoms with Crippen LogP contribution in [0.3, 0.4) is 0 Å². The molecule has 6 heteroatoms. The molecule has 0 radical (unpaired) electrons. The lowest BCUT2D eigenvalue weighted by Gasteiger charge is -2.28. The van der Waals surface area contributed by atoms with E-state index < -0.39 is 31.3 Å². The molecule has 1 aromatic carbocycles. The number of hydrogen-bond acceptors (Lipinski definition) is 5. The smallest absolute Gasteiger partial charge is 0.224 e. The van der Waals surface area contributed by atoms with Crippen molar-refractivity contribution in [1.29, 1.82) is 0 Å². The lowest BCUT2D eigenvalue weighted by molar-refractivity contribution is -0.125. The molecule has 0 aliphatic carbocycles. The van der Waals surface area contributed by atoms with E-state index in [-0.39, 0.29) is 13.0 Å². The van der Waals surface area contributed by atoms with Crippen LogP contribution >= 0.6 is 0 Å². The SMILES string of the molecule is Cc1cccc(C)c1OCCC(=O)NC(CO)(CO)CO. The molecule has 0 fully saturated rings. The van der Waals surface area contributed by atoms with Crippen molar-refractivity contribution in [3.8, 4) is 5.75 Å². The molecule has 0 spiro atoms. The molecule has 0 atom stereocenters. The molecule has 0 aliphatic rings. The summed E-state index contributed by atoms with van der Waals surface area (Å²) in [4.78, 5) is 11.8. The van der Waals surface area contributed by atoms with Gasteiger partial charge in [-0.2, -0.15) is 0 Å². The summed E-state index contributed by atoms with van der Waals surface area (Å²) >= 11 is 0. The van der Waals surface area contributed by atoms with Crippen LogP contribution in [0, 0.1) is 13.8 Å². The van der Waals surface area contributed by atoms with Crippen LogP contribution in [0.25, 0.3) is 0 Å². The van der Waals surface area contributed by atoms with Crippen molar-refractivity contribution in [2.45, 2.75) is 25.8 Å². The fraction of sp³-hybridized carbons (Fsp3) is 0.533. The Kier molecular flexibility index (Phi) is 6.61. The van der Waals surface area contributed by atoms with Crippen molar-refractivity contribution >= 4 is 5.91 Å². The standard InChI is InChI=1S/C15H23NO5/c1-11-4-3-5-12(2)14(11)21-7-6-13(20)16-15(8-17,9-18)10-19/h3-5,17-19H,6-10H2,1-2H3,(H,16,20). The summed E-state index contributed by atoms with van der Waals surface area (Å²) in [5, 5.41) is 29.8. The second-order valence-electron chi connectivity index (χ2n) is 5.12. The van der Waals surface area contributed by atoms with E-state index in [0.29, 0.717) is 0 Å². The van der Waals surface area contributed by atoms with Crippen LogP contribution < -0.4 is 10.1 Å². The Morgan fingerprint density at radius 2 is 1.67 bits per heavy atom. The van der Waals surface area contributed by atoms with E-state index in [9.17, 15) is 4.79 Å². The number of aliphatic hydroxyl groups is 3. The Balaban J connectivity index is 2.51. The zero-order chi connectivity index (χ0) is 15.9. The number of aliphatic hydroxyl groups excluding tert-OH is 3. The quantitative estimate of drug-likeness (QED) is 0.537. The van der Waals surface area contributed by atoms with Crippen molar-refractivity contribution in [2.24, 2.45) is 0 Å². The molecule has 0 heterocycles. The van der Waals surface area contributed by atoms with Gasteiger partial charge in [-0.15, -0.1) is 0 Å². The molecule has 1 rings (SSSR count). The van der Waals surface area contributed by atoms with Crippen LogP contribution in [0.4, 0.5) is 0 Å². The summed E-state index contributed by atoms with van der Waals surface area (Å²) in [6, 6.07) is 5.79. The third-order valence-electron chi connectivity index (χ3n) is 3.30. The van der Waals surface area contributed by atoms with Gasteiger partial charge in [-0.25, -0.2) is 0 Å². The Bertz CT molecular complexity index is 443. The molecular weight excluding hydrogens is 274 g/mol. The van der Waals surface area contributed by atoms with Crippen molar-refractivity contribution < 1.29 is 24.9 Å². The largest absolute Gasteiger partial charge is 0.493 e. The Hall–Kier alpha value is -1.63. The Morgan fingerprint density at radius 3 is 2.14 bits per heavy atom. The van der Waals surface area contributed by atoms with E-state index in [1.165, 1.54) is 0 Å². The number of hydrogen-bond donors (Lipinski definition) is 4. The maximum absolute atomic E-state index is 11.8. The average Bonchev–Trinajstić information content (AvgIpc) is 2.48. The number of para-hydroxylation sites is 1. The van der Waals surface area contributed by atoms with E-state index in [1.807, 2.05) is 32.0 Å². The van der Waals surface area contributed by atoms with E-state index in [2.05, 4.69) is 5.32 Å². The lowest BCUT2D eigenvalue weighted by atomic mass is 10.0. The first-order valence-corrected chi connectivity index (χ1v) is 6.80. The van der Waals surface area contributed by atoms with Crippen molar-refractivity contribution in [2.75, 3.05) is 26.4 Å². The second-order valence-corrected chi connectivity index (χ2v) is 5.12. The predicted molar refractivity (Wildman–Crippen MR) is 78.2 cm³/mol. The number of benzene rings is 1. The molecule has 21 heavy (non-hydrogen) atoms. The normalized spacial score (nSPS) is 11.3. The summed E-state index contributed by atoms with van der Waals surface area (Å²) < 4.78 is 5.61. The van der Waals surface area contributed by atoms with Gasteiger partial charge < -0.3 is 25.4 Å². The minimum absolute atomic E-state index is 0.0650. The van der Waals surface area contributed by atoms with Gasteiger partial charge in [-0.3, -0.25) is 4.79 Å². The Morgan fingerprint density at radius 1 is 1.14 bits per heavy atom. The molecule has 0 saturated carbocycles. The highest BCUT2D eigenvalue weighted by Crippen LogP contribution is 2.22. The topological polar surface area (TPSA) is 99.0 Å². The molecule has 0 bridgehead atoms. The number of ether oxygens (including phenoxy) is 1. The summed E-state index contributed by atoms with van der Waals surface area (Å²) in [6.45, 7) is 2.42. The zero-order valence-corrected chi connectivity index (χ0v) is 12.4. The highest BCUT2D eigenvalue weighted by molar-refractivity contribution is 5.77. The van der Waals surface area contributed by atoms with Gasteiger partial charge in [0.15, 0.2) is 0 Å². The molecule has 0 aliphatic heterocycles. The number of amides is 1. The van der Waals surface area contributed by atoms with E-state index >= 15 is 0 Å². The van der Waals surface area contributed by atoms with Crippen LogP contribution in [0.15, 0.2) is 18.2 Å². The maximum Gasteiger partial charge on any atom is 0.224 e. The van der Waals surface area contributed by atoms with Gasteiger partial charge in [0.2, 0.25) is 5.91 Å². The predicted octanol–water partition coefficient (Wildman–Crippen LogP) is -0.0958. The number of rotatable bonds is 8. The van der Waals surface area contributed by atoms with Gasteiger partial charge in [0, 0.05) is 0 Å². The highest BCUT2D eigenvalue weighted by atomic mass is 16.5.